The van der Waals surface area contributed by atoms with Gasteiger partial charge in [-0.1, -0.05) is 32.6 Å². The van der Waals surface area contributed by atoms with E-state index < -0.39 is 11.8 Å². The van der Waals surface area contributed by atoms with Crippen LogP contribution < -0.4 is 22.9 Å². The molecule has 0 aromatic heterocycles. The van der Waals surface area contributed by atoms with Crippen LogP contribution >= 0.6 is 0 Å². The fraction of sp³-hybridized carbons (Fsp3) is 1.00. The molecule has 0 aromatic rings. The van der Waals surface area contributed by atoms with E-state index in [0.29, 0.717) is 6.42 Å². The van der Waals surface area contributed by atoms with Crippen molar-refractivity contribution in [3.8, 4) is 0 Å². The van der Waals surface area contributed by atoms with E-state index >= 15 is 0 Å². The van der Waals surface area contributed by atoms with Crippen molar-refractivity contribution < 1.29 is 0 Å². The van der Waals surface area contributed by atoms with Crippen LogP contribution in [0.3, 0.4) is 0 Å². The van der Waals surface area contributed by atoms with Gasteiger partial charge in [0.25, 0.3) is 0 Å². The van der Waals surface area contributed by atoms with E-state index in [4.69, 9.17) is 22.9 Å². The molecule has 0 heterocycles. The SMILES string of the molecule is CCCCCCC(N)(N)C(N)N. The molecule has 0 aliphatic carbocycles. The molecule has 0 saturated carbocycles. The topological polar surface area (TPSA) is 104 Å². The van der Waals surface area contributed by atoms with Crippen molar-refractivity contribution in [2.24, 2.45) is 22.9 Å². The molecule has 74 valence electrons. The molecule has 4 heteroatoms. The molecule has 0 rings (SSSR count). The van der Waals surface area contributed by atoms with Crippen LogP contribution in [-0.2, 0) is 0 Å². The lowest BCUT2D eigenvalue weighted by Gasteiger charge is -2.28. The molecule has 0 aliphatic rings. The first-order valence-corrected chi connectivity index (χ1v) is 4.59. The predicted octanol–water partition coefficient (Wildman–Crippen LogP) is -0.186. The van der Waals surface area contributed by atoms with E-state index in [1.54, 1.807) is 0 Å². The summed E-state index contributed by atoms with van der Waals surface area (Å²) in [7, 11) is 0. The van der Waals surface area contributed by atoms with Gasteiger partial charge in [-0.05, 0) is 6.42 Å². The fourth-order valence-corrected chi connectivity index (χ4v) is 1.02. The van der Waals surface area contributed by atoms with Gasteiger partial charge in [0.2, 0.25) is 0 Å². The summed E-state index contributed by atoms with van der Waals surface area (Å²) in [4.78, 5) is 0. The Hall–Kier alpha value is -0.160. The highest BCUT2D eigenvalue weighted by Crippen LogP contribution is 2.08. The number of hydrogen-bond acceptors (Lipinski definition) is 4. The Bertz CT molecular complexity index is 112. The minimum absolute atomic E-state index is 0.626. The van der Waals surface area contributed by atoms with Gasteiger partial charge in [-0.3, -0.25) is 0 Å². The Morgan fingerprint density at radius 2 is 1.67 bits per heavy atom. The summed E-state index contributed by atoms with van der Waals surface area (Å²) < 4.78 is 0. The van der Waals surface area contributed by atoms with Gasteiger partial charge in [0.15, 0.2) is 0 Å². The third kappa shape index (κ3) is 4.66. The predicted molar refractivity (Wildman–Crippen MR) is 52.0 cm³/mol. The number of nitrogens with two attached hydrogens (primary N) is 4. The molecule has 0 aliphatic heterocycles. The molecule has 8 N–H and O–H groups in total. The summed E-state index contributed by atoms with van der Waals surface area (Å²) in [5.41, 5.74) is 21.3. The molecule has 0 aromatic carbocycles. The quantitative estimate of drug-likeness (QED) is 0.331. The maximum Gasteiger partial charge on any atom is 0.0925 e. The Labute approximate surface area is 74.7 Å². The zero-order valence-electron chi connectivity index (χ0n) is 7.92. The standard InChI is InChI=1S/C8H22N4/c1-2-3-4-5-6-8(11,12)7(9)10/h7H,2-6,9-12H2,1H3. The van der Waals surface area contributed by atoms with Crippen LogP contribution in [0.1, 0.15) is 39.0 Å². The highest BCUT2D eigenvalue weighted by Gasteiger charge is 2.23. The number of rotatable bonds is 6. The van der Waals surface area contributed by atoms with Gasteiger partial charge in [0, 0.05) is 0 Å². The van der Waals surface area contributed by atoms with Gasteiger partial charge in [-0.15, -0.1) is 0 Å². The first kappa shape index (κ1) is 11.8. The van der Waals surface area contributed by atoms with E-state index in [-0.39, 0.29) is 0 Å². The summed E-state index contributed by atoms with van der Waals surface area (Å²) in [5.74, 6) is 0. The van der Waals surface area contributed by atoms with E-state index in [9.17, 15) is 0 Å². The first-order chi connectivity index (χ1) is 5.50. The second-order valence-electron chi connectivity index (χ2n) is 3.45. The average molecular weight is 174 g/mol. The maximum absolute atomic E-state index is 5.67. The molecule has 0 amide bonds. The van der Waals surface area contributed by atoms with Gasteiger partial charge in [0.05, 0.1) is 11.8 Å². The van der Waals surface area contributed by atoms with Crippen LogP contribution in [0, 0.1) is 0 Å². The van der Waals surface area contributed by atoms with Crippen molar-refractivity contribution in [2.75, 3.05) is 0 Å². The van der Waals surface area contributed by atoms with Crippen molar-refractivity contribution in [2.45, 2.75) is 50.9 Å². The van der Waals surface area contributed by atoms with Crippen LogP contribution in [0.2, 0.25) is 0 Å². The third-order valence-corrected chi connectivity index (χ3v) is 2.08. The lowest BCUT2D eigenvalue weighted by atomic mass is 10.0. The van der Waals surface area contributed by atoms with E-state index in [1.807, 2.05) is 0 Å². The molecular formula is C8H22N4. The Morgan fingerprint density at radius 3 is 2.08 bits per heavy atom. The third-order valence-electron chi connectivity index (χ3n) is 2.08. The van der Waals surface area contributed by atoms with E-state index in [0.717, 1.165) is 12.8 Å². The minimum atomic E-state index is -0.895. The van der Waals surface area contributed by atoms with Gasteiger partial charge in [0.1, 0.15) is 0 Å². The van der Waals surface area contributed by atoms with Crippen LogP contribution in [0.5, 0.6) is 0 Å². The summed E-state index contributed by atoms with van der Waals surface area (Å²) >= 11 is 0. The fourth-order valence-electron chi connectivity index (χ4n) is 1.02. The second-order valence-corrected chi connectivity index (χ2v) is 3.45. The summed E-state index contributed by atoms with van der Waals surface area (Å²) in [6.07, 6.45) is 4.65. The molecular weight excluding hydrogens is 152 g/mol. The van der Waals surface area contributed by atoms with Crippen LogP contribution in [0.15, 0.2) is 0 Å². The van der Waals surface area contributed by atoms with Crippen LogP contribution in [-0.4, -0.2) is 11.8 Å². The molecule has 12 heavy (non-hydrogen) atoms. The second kappa shape index (κ2) is 5.48. The zero-order chi connectivity index (χ0) is 9.61. The van der Waals surface area contributed by atoms with Gasteiger partial charge in [-0.2, -0.15) is 0 Å². The molecule has 0 atom stereocenters. The lowest BCUT2D eigenvalue weighted by Crippen LogP contribution is -2.66. The lowest BCUT2D eigenvalue weighted by molar-refractivity contribution is 0.323. The van der Waals surface area contributed by atoms with Gasteiger partial charge in [-0.25, -0.2) is 0 Å². The highest BCUT2D eigenvalue weighted by atomic mass is 15.1. The molecule has 0 bridgehead atoms. The summed E-state index contributed by atoms with van der Waals surface area (Å²) in [5, 5.41) is 0. The molecule has 0 unspecified atom stereocenters. The molecule has 0 saturated heterocycles. The van der Waals surface area contributed by atoms with Crippen LogP contribution in [0.4, 0.5) is 0 Å². The maximum atomic E-state index is 5.67. The van der Waals surface area contributed by atoms with Gasteiger partial charge < -0.3 is 22.9 Å². The van der Waals surface area contributed by atoms with Crippen molar-refractivity contribution in [1.82, 2.24) is 0 Å². The van der Waals surface area contributed by atoms with Crippen molar-refractivity contribution in [1.29, 1.82) is 0 Å². The van der Waals surface area contributed by atoms with E-state index in [1.165, 1.54) is 12.8 Å². The smallest absolute Gasteiger partial charge is 0.0925 e. The van der Waals surface area contributed by atoms with Crippen LogP contribution in [0.25, 0.3) is 0 Å². The normalized spacial score (nSPS) is 12.5. The molecule has 0 radical (unpaired) electrons. The molecule has 0 fully saturated rings. The Balaban J connectivity index is 3.47. The summed E-state index contributed by atoms with van der Waals surface area (Å²) in [6.45, 7) is 2.16. The van der Waals surface area contributed by atoms with Crippen molar-refractivity contribution >= 4 is 0 Å². The molecule has 4 nitrogen and oxygen atoms in total. The zero-order valence-corrected chi connectivity index (χ0v) is 7.92. The number of hydrogen-bond donors (Lipinski definition) is 4. The largest absolute Gasteiger partial charge is 0.313 e. The minimum Gasteiger partial charge on any atom is -0.313 e. The Morgan fingerprint density at radius 1 is 1.08 bits per heavy atom. The van der Waals surface area contributed by atoms with Gasteiger partial charge >= 0.3 is 0 Å². The monoisotopic (exact) mass is 174 g/mol. The summed E-state index contributed by atoms with van der Waals surface area (Å²) in [6, 6.07) is 0. The van der Waals surface area contributed by atoms with E-state index in [2.05, 4.69) is 6.92 Å². The first-order valence-electron chi connectivity index (χ1n) is 4.59. The molecule has 0 spiro atoms. The number of unbranched alkanes of at least 4 members (excludes halogenated alkanes) is 3. The highest BCUT2D eigenvalue weighted by molar-refractivity contribution is 4.84. The average Bonchev–Trinajstić information content (AvgIpc) is 1.98. The Kier molecular flexibility index (Phi) is 5.41. The van der Waals surface area contributed by atoms with Crippen molar-refractivity contribution in [3.63, 3.8) is 0 Å². The van der Waals surface area contributed by atoms with Crippen molar-refractivity contribution in [3.05, 3.63) is 0 Å².